The number of aromatic amines is 1. The Morgan fingerprint density at radius 3 is 2.53 bits per heavy atom. The van der Waals surface area contributed by atoms with E-state index in [9.17, 15) is 4.79 Å². The Kier molecular flexibility index (Phi) is 5.97. The number of ether oxygens (including phenoxy) is 1. The van der Waals surface area contributed by atoms with E-state index in [0.29, 0.717) is 33.9 Å². The lowest BCUT2D eigenvalue weighted by atomic mass is 10.2. The zero-order valence-electron chi connectivity index (χ0n) is 15.7. The first-order valence-corrected chi connectivity index (χ1v) is 9.85. The highest BCUT2D eigenvalue weighted by atomic mass is 35.5. The van der Waals surface area contributed by atoms with Crippen molar-refractivity contribution in [3.05, 3.63) is 101 Å². The molecule has 0 bridgehead atoms. The minimum absolute atomic E-state index is 0.242. The smallest absolute Gasteiger partial charge is 0.268 e. The van der Waals surface area contributed by atoms with Gasteiger partial charge in [-0.1, -0.05) is 35.3 Å². The van der Waals surface area contributed by atoms with Crippen molar-refractivity contribution in [1.82, 2.24) is 14.9 Å². The number of nitrogens with one attached hydrogen (secondary N) is 2. The standard InChI is InChI=1S/C22H16Cl2N4O2/c23-16-12-19(24)21(26-14-16)28-11-1-2-20(28)22(29)27-13-15-3-5-17(6-4-15)30-18-7-9-25-10-8-18/h1-12,14H,13H2,(H,27,29)/p+1. The minimum atomic E-state index is -0.242. The highest BCUT2D eigenvalue weighted by Crippen LogP contribution is 2.24. The molecule has 1 aromatic carbocycles. The van der Waals surface area contributed by atoms with Crippen LogP contribution in [0.3, 0.4) is 0 Å². The number of carbonyl (C=O) groups excluding carboxylic acids is 1. The van der Waals surface area contributed by atoms with Crippen LogP contribution in [-0.2, 0) is 6.54 Å². The summed E-state index contributed by atoms with van der Waals surface area (Å²) in [5, 5.41) is 3.70. The molecule has 2 N–H and O–H groups in total. The van der Waals surface area contributed by atoms with E-state index in [1.807, 2.05) is 36.4 Å². The molecule has 0 aliphatic carbocycles. The molecule has 0 saturated carbocycles. The lowest BCUT2D eigenvalue weighted by Gasteiger charge is -2.11. The van der Waals surface area contributed by atoms with Gasteiger partial charge in [0.25, 0.3) is 5.91 Å². The molecule has 8 heteroatoms. The van der Waals surface area contributed by atoms with Crippen molar-refractivity contribution in [3.8, 4) is 17.3 Å². The van der Waals surface area contributed by atoms with E-state index in [0.717, 1.165) is 11.3 Å². The fourth-order valence-electron chi connectivity index (χ4n) is 2.86. The molecule has 0 unspecified atom stereocenters. The van der Waals surface area contributed by atoms with E-state index in [2.05, 4.69) is 15.3 Å². The quantitative estimate of drug-likeness (QED) is 0.472. The van der Waals surface area contributed by atoms with Crippen LogP contribution in [0.1, 0.15) is 16.1 Å². The molecule has 0 spiro atoms. The molecule has 0 aliphatic heterocycles. The van der Waals surface area contributed by atoms with Gasteiger partial charge in [0, 0.05) is 31.1 Å². The van der Waals surface area contributed by atoms with Crippen LogP contribution in [0.15, 0.2) is 79.4 Å². The maximum atomic E-state index is 12.7. The van der Waals surface area contributed by atoms with Gasteiger partial charge in [-0.15, -0.1) is 0 Å². The molecule has 0 aliphatic rings. The van der Waals surface area contributed by atoms with Gasteiger partial charge in [-0.25, -0.2) is 9.97 Å². The van der Waals surface area contributed by atoms with Crippen LogP contribution in [0.25, 0.3) is 5.82 Å². The van der Waals surface area contributed by atoms with Gasteiger partial charge in [-0.3, -0.25) is 9.36 Å². The normalized spacial score (nSPS) is 10.6. The van der Waals surface area contributed by atoms with E-state index >= 15 is 0 Å². The number of halogens is 2. The summed E-state index contributed by atoms with van der Waals surface area (Å²) >= 11 is 12.1. The predicted octanol–water partition coefficient (Wildman–Crippen LogP) is 4.72. The van der Waals surface area contributed by atoms with Crippen LogP contribution in [0.4, 0.5) is 0 Å². The zero-order valence-corrected chi connectivity index (χ0v) is 17.2. The molecule has 0 saturated heterocycles. The third-order valence-electron chi connectivity index (χ3n) is 4.30. The van der Waals surface area contributed by atoms with Gasteiger partial charge in [0.2, 0.25) is 0 Å². The molecule has 3 aromatic heterocycles. The third-order valence-corrected chi connectivity index (χ3v) is 4.78. The Hall–Kier alpha value is -3.35. The number of amides is 1. The summed E-state index contributed by atoms with van der Waals surface area (Å²) in [6, 6.07) is 16.3. The van der Waals surface area contributed by atoms with E-state index in [-0.39, 0.29) is 5.91 Å². The Bertz CT molecular complexity index is 1160. The molecule has 30 heavy (non-hydrogen) atoms. The molecule has 0 atom stereocenters. The molecule has 1 amide bonds. The number of hydrogen-bond acceptors (Lipinski definition) is 3. The molecule has 0 fully saturated rings. The fourth-order valence-corrected chi connectivity index (χ4v) is 3.33. The number of pyridine rings is 2. The molecule has 6 nitrogen and oxygen atoms in total. The van der Waals surface area contributed by atoms with Crippen LogP contribution in [0.2, 0.25) is 10.0 Å². The summed E-state index contributed by atoms with van der Waals surface area (Å²) < 4.78 is 7.39. The number of rotatable bonds is 6. The largest absolute Gasteiger partial charge is 0.457 e. The molecular weight excluding hydrogens is 423 g/mol. The molecule has 4 aromatic rings. The van der Waals surface area contributed by atoms with Crippen LogP contribution in [0, 0.1) is 0 Å². The lowest BCUT2D eigenvalue weighted by Crippen LogP contribution is -2.25. The predicted molar refractivity (Wildman–Crippen MR) is 114 cm³/mol. The molecule has 0 radical (unpaired) electrons. The fraction of sp³-hybridized carbons (Fsp3) is 0.0455. The number of carbonyl (C=O) groups is 1. The second-order valence-corrected chi connectivity index (χ2v) is 7.23. The molecular formula is C22H17Cl2N4O2+. The van der Waals surface area contributed by atoms with Gasteiger partial charge in [0.15, 0.2) is 18.2 Å². The summed E-state index contributed by atoms with van der Waals surface area (Å²) in [5.74, 6) is 1.66. The molecule has 4 rings (SSSR count). The first-order chi connectivity index (χ1) is 14.6. The Labute approximate surface area is 183 Å². The first-order valence-electron chi connectivity index (χ1n) is 9.10. The van der Waals surface area contributed by atoms with E-state index in [1.54, 1.807) is 41.4 Å². The second-order valence-electron chi connectivity index (χ2n) is 6.39. The van der Waals surface area contributed by atoms with Crippen molar-refractivity contribution in [2.75, 3.05) is 0 Å². The summed E-state index contributed by atoms with van der Waals surface area (Å²) in [6.45, 7) is 0.367. The molecule has 150 valence electrons. The van der Waals surface area contributed by atoms with Gasteiger partial charge in [-0.05, 0) is 35.9 Å². The summed E-state index contributed by atoms with van der Waals surface area (Å²) in [7, 11) is 0. The molecule has 3 heterocycles. The lowest BCUT2D eigenvalue weighted by molar-refractivity contribution is -0.378. The Morgan fingerprint density at radius 2 is 1.80 bits per heavy atom. The maximum absolute atomic E-state index is 12.7. The number of nitrogens with zero attached hydrogens (tertiary/aromatic N) is 2. The number of H-pyrrole nitrogens is 1. The van der Waals surface area contributed by atoms with E-state index in [4.69, 9.17) is 27.9 Å². The Balaban J connectivity index is 1.41. The van der Waals surface area contributed by atoms with Gasteiger partial charge >= 0.3 is 0 Å². The number of hydrogen-bond donors (Lipinski definition) is 1. The van der Waals surface area contributed by atoms with Crippen molar-refractivity contribution >= 4 is 29.1 Å². The van der Waals surface area contributed by atoms with Crippen LogP contribution in [0.5, 0.6) is 11.5 Å². The van der Waals surface area contributed by atoms with Gasteiger partial charge in [0.1, 0.15) is 17.2 Å². The van der Waals surface area contributed by atoms with Gasteiger partial charge in [0.05, 0.1) is 10.0 Å². The van der Waals surface area contributed by atoms with Gasteiger partial charge < -0.3 is 10.1 Å². The number of aromatic nitrogens is 3. The van der Waals surface area contributed by atoms with Crippen molar-refractivity contribution in [1.29, 1.82) is 0 Å². The highest BCUT2D eigenvalue weighted by molar-refractivity contribution is 6.35. The highest BCUT2D eigenvalue weighted by Gasteiger charge is 2.15. The summed E-state index contributed by atoms with van der Waals surface area (Å²) in [6.07, 6.45) is 6.80. The third kappa shape index (κ3) is 4.62. The minimum Gasteiger partial charge on any atom is -0.457 e. The van der Waals surface area contributed by atoms with Crippen molar-refractivity contribution in [2.45, 2.75) is 6.54 Å². The van der Waals surface area contributed by atoms with Crippen LogP contribution in [-0.4, -0.2) is 15.5 Å². The average molecular weight is 440 g/mol. The zero-order chi connectivity index (χ0) is 20.9. The summed E-state index contributed by atoms with van der Waals surface area (Å²) in [4.78, 5) is 19.9. The SMILES string of the molecule is O=C(NCc1ccc(Oc2cc[nH+]cc2)cc1)c1cccn1-c1ncc(Cl)cc1Cl. The van der Waals surface area contributed by atoms with Crippen molar-refractivity contribution in [3.63, 3.8) is 0 Å². The van der Waals surface area contributed by atoms with E-state index in [1.165, 1.54) is 6.20 Å². The second kappa shape index (κ2) is 8.98. The summed E-state index contributed by atoms with van der Waals surface area (Å²) in [5.41, 5.74) is 1.37. The maximum Gasteiger partial charge on any atom is 0.268 e. The average Bonchev–Trinajstić information content (AvgIpc) is 3.23. The number of benzene rings is 1. The van der Waals surface area contributed by atoms with Crippen molar-refractivity contribution in [2.24, 2.45) is 0 Å². The monoisotopic (exact) mass is 439 g/mol. The van der Waals surface area contributed by atoms with Crippen molar-refractivity contribution < 1.29 is 14.5 Å². The Morgan fingerprint density at radius 1 is 1.07 bits per heavy atom. The van der Waals surface area contributed by atoms with E-state index < -0.39 is 0 Å². The first kappa shape index (κ1) is 19.9. The van der Waals surface area contributed by atoms with Crippen LogP contribution < -0.4 is 15.0 Å². The topological polar surface area (TPSA) is 70.3 Å². The van der Waals surface area contributed by atoms with Gasteiger partial charge in [-0.2, -0.15) is 0 Å². The van der Waals surface area contributed by atoms with Crippen LogP contribution >= 0.6 is 23.2 Å².